The first kappa shape index (κ1) is 12.0. The molecule has 17 heavy (non-hydrogen) atoms. The van der Waals surface area contributed by atoms with Crippen LogP contribution in [0.2, 0.25) is 0 Å². The van der Waals surface area contributed by atoms with Crippen LogP contribution in [0.25, 0.3) is 6.08 Å². The van der Waals surface area contributed by atoms with Gasteiger partial charge in [-0.1, -0.05) is 26.0 Å². The predicted octanol–water partition coefficient (Wildman–Crippen LogP) is 2.55. The third-order valence-corrected chi connectivity index (χ3v) is 2.80. The molecular weight excluding hydrogens is 214 g/mol. The lowest BCUT2D eigenvalue weighted by Gasteiger charge is -2.21. The highest BCUT2D eigenvalue weighted by atomic mass is 16.6. The van der Waals surface area contributed by atoms with Gasteiger partial charge in [0.05, 0.1) is 0 Å². The van der Waals surface area contributed by atoms with Crippen molar-refractivity contribution in [3.63, 3.8) is 0 Å². The van der Waals surface area contributed by atoms with Crippen molar-refractivity contribution in [2.75, 3.05) is 19.8 Å². The molecule has 2 N–H and O–H groups in total. The van der Waals surface area contributed by atoms with Gasteiger partial charge < -0.3 is 15.2 Å². The number of fused-ring (bicyclic) bond motifs is 1. The summed E-state index contributed by atoms with van der Waals surface area (Å²) in [5, 5.41) is 0. The predicted molar refractivity (Wildman–Crippen MR) is 69.6 cm³/mol. The van der Waals surface area contributed by atoms with Crippen LogP contribution in [-0.2, 0) is 0 Å². The van der Waals surface area contributed by atoms with Gasteiger partial charge in [-0.25, -0.2) is 0 Å². The molecule has 0 spiro atoms. The third-order valence-electron chi connectivity index (χ3n) is 2.80. The molecule has 1 aromatic carbocycles. The Labute approximate surface area is 102 Å². The Balaban J connectivity index is 2.44. The number of ether oxygens (including phenoxy) is 2. The van der Waals surface area contributed by atoms with Crippen LogP contribution in [0.3, 0.4) is 0 Å². The fraction of sp³-hybridized carbons (Fsp3) is 0.429. The van der Waals surface area contributed by atoms with Crippen LogP contribution >= 0.6 is 0 Å². The molecule has 3 heteroatoms. The Bertz CT molecular complexity index is 424. The smallest absolute Gasteiger partial charge is 0.161 e. The summed E-state index contributed by atoms with van der Waals surface area (Å²) < 4.78 is 11.2. The minimum absolute atomic E-state index is 0.447. The summed E-state index contributed by atoms with van der Waals surface area (Å²) in [5.41, 5.74) is 7.92. The van der Waals surface area contributed by atoms with E-state index in [0.717, 1.165) is 17.1 Å². The zero-order valence-corrected chi connectivity index (χ0v) is 10.4. The molecule has 0 aromatic heterocycles. The number of nitrogens with two attached hydrogens (primary N) is 1. The fourth-order valence-corrected chi connectivity index (χ4v) is 1.96. The van der Waals surface area contributed by atoms with E-state index in [2.05, 4.69) is 19.9 Å². The first-order valence-electron chi connectivity index (χ1n) is 6.02. The van der Waals surface area contributed by atoms with E-state index in [9.17, 15) is 0 Å². The van der Waals surface area contributed by atoms with Crippen molar-refractivity contribution in [1.82, 2.24) is 0 Å². The van der Waals surface area contributed by atoms with Gasteiger partial charge in [-0.2, -0.15) is 0 Å². The standard InChI is InChI=1S/C14H19NO2/c1-10(2)12-9-14-13(16-6-7-17-14)8-11(12)4-3-5-15/h3-4,8-10H,5-7,15H2,1-2H3/b4-3+. The van der Waals surface area contributed by atoms with Gasteiger partial charge in [0.25, 0.3) is 0 Å². The van der Waals surface area contributed by atoms with Gasteiger partial charge in [0.2, 0.25) is 0 Å². The van der Waals surface area contributed by atoms with Crippen molar-refractivity contribution >= 4 is 6.08 Å². The summed E-state index contributed by atoms with van der Waals surface area (Å²) in [6.07, 6.45) is 4.00. The van der Waals surface area contributed by atoms with Crippen molar-refractivity contribution < 1.29 is 9.47 Å². The normalized spacial score (nSPS) is 14.6. The van der Waals surface area contributed by atoms with E-state index in [1.54, 1.807) is 0 Å². The second-order valence-corrected chi connectivity index (χ2v) is 4.42. The molecule has 92 valence electrons. The van der Waals surface area contributed by atoms with E-state index in [1.165, 1.54) is 5.56 Å². The SMILES string of the molecule is CC(C)c1cc2c(cc1/C=C/CN)OCCO2. The molecule has 0 radical (unpaired) electrons. The highest BCUT2D eigenvalue weighted by Crippen LogP contribution is 2.36. The van der Waals surface area contributed by atoms with Crippen molar-refractivity contribution in [3.05, 3.63) is 29.3 Å². The van der Waals surface area contributed by atoms with E-state index < -0.39 is 0 Å². The van der Waals surface area contributed by atoms with Gasteiger partial charge in [-0.05, 0) is 29.2 Å². The fourth-order valence-electron chi connectivity index (χ4n) is 1.96. The van der Waals surface area contributed by atoms with E-state index >= 15 is 0 Å². The maximum absolute atomic E-state index is 5.60. The monoisotopic (exact) mass is 233 g/mol. The van der Waals surface area contributed by atoms with Crippen molar-refractivity contribution in [3.8, 4) is 11.5 Å². The van der Waals surface area contributed by atoms with E-state index in [0.29, 0.717) is 25.7 Å². The van der Waals surface area contributed by atoms with Crippen LogP contribution in [0.1, 0.15) is 30.9 Å². The van der Waals surface area contributed by atoms with Crippen LogP contribution in [0, 0.1) is 0 Å². The highest BCUT2D eigenvalue weighted by molar-refractivity contribution is 5.61. The van der Waals surface area contributed by atoms with Gasteiger partial charge in [0.1, 0.15) is 13.2 Å². The molecule has 0 aliphatic carbocycles. The second kappa shape index (κ2) is 5.23. The maximum atomic E-state index is 5.60. The second-order valence-electron chi connectivity index (χ2n) is 4.42. The summed E-state index contributed by atoms with van der Waals surface area (Å²) in [7, 11) is 0. The lowest BCUT2D eigenvalue weighted by Crippen LogP contribution is -2.16. The van der Waals surface area contributed by atoms with Gasteiger partial charge >= 0.3 is 0 Å². The lowest BCUT2D eigenvalue weighted by atomic mass is 9.96. The molecule has 0 amide bonds. The Morgan fingerprint density at radius 1 is 1.24 bits per heavy atom. The first-order chi connectivity index (χ1) is 8.22. The van der Waals surface area contributed by atoms with Crippen LogP contribution < -0.4 is 15.2 Å². The Hall–Kier alpha value is -1.48. The first-order valence-corrected chi connectivity index (χ1v) is 6.02. The topological polar surface area (TPSA) is 44.5 Å². The number of hydrogen-bond acceptors (Lipinski definition) is 3. The molecule has 1 aliphatic rings. The van der Waals surface area contributed by atoms with Crippen LogP contribution in [-0.4, -0.2) is 19.8 Å². The number of hydrogen-bond donors (Lipinski definition) is 1. The molecule has 3 nitrogen and oxygen atoms in total. The average Bonchev–Trinajstić information content (AvgIpc) is 2.35. The quantitative estimate of drug-likeness (QED) is 0.872. The molecule has 0 fully saturated rings. The third kappa shape index (κ3) is 2.61. The average molecular weight is 233 g/mol. The number of benzene rings is 1. The minimum atomic E-state index is 0.447. The van der Waals surface area contributed by atoms with E-state index in [-0.39, 0.29) is 0 Å². The molecular formula is C14H19NO2. The lowest BCUT2D eigenvalue weighted by molar-refractivity contribution is 0.171. The summed E-state index contributed by atoms with van der Waals surface area (Å²) in [5.74, 6) is 2.13. The Morgan fingerprint density at radius 3 is 2.47 bits per heavy atom. The van der Waals surface area contributed by atoms with Crippen molar-refractivity contribution in [1.29, 1.82) is 0 Å². The van der Waals surface area contributed by atoms with Crippen LogP contribution in [0.5, 0.6) is 11.5 Å². The van der Waals surface area contributed by atoms with E-state index in [4.69, 9.17) is 15.2 Å². The minimum Gasteiger partial charge on any atom is -0.486 e. The summed E-state index contributed by atoms with van der Waals surface area (Å²) in [4.78, 5) is 0. The maximum Gasteiger partial charge on any atom is 0.161 e. The zero-order valence-electron chi connectivity index (χ0n) is 10.4. The van der Waals surface area contributed by atoms with Crippen molar-refractivity contribution in [2.24, 2.45) is 5.73 Å². The Morgan fingerprint density at radius 2 is 1.88 bits per heavy atom. The highest BCUT2D eigenvalue weighted by Gasteiger charge is 2.16. The summed E-state index contributed by atoms with van der Waals surface area (Å²) in [6.45, 7) is 6.14. The number of rotatable bonds is 3. The molecule has 0 saturated heterocycles. The molecule has 0 unspecified atom stereocenters. The molecule has 1 heterocycles. The molecule has 1 aliphatic heterocycles. The van der Waals surface area contributed by atoms with Crippen LogP contribution in [0.4, 0.5) is 0 Å². The van der Waals surface area contributed by atoms with Gasteiger partial charge in [-0.3, -0.25) is 0 Å². The summed E-state index contributed by atoms with van der Waals surface area (Å²) in [6, 6.07) is 4.12. The van der Waals surface area contributed by atoms with Gasteiger partial charge in [0, 0.05) is 6.54 Å². The van der Waals surface area contributed by atoms with Crippen molar-refractivity contribution in [2.45, 2.75) is 19.8 Å². The molecule has 0 bridgehead atoms. The van der Waals surface area contributed by atoms with E-state index in [1.807, 2.05) is 18.2 Å². The zero-order chi connectivity index (χ0) is 12.3. The molecule has 1 aromatic rings. The van der Waals surface area contributed by atoms with Gasteiger partial charge in [0.15, 0.2) is 11.5 Å². The van der Waals surface area contributed by atoms with Crippen LogP contribution in [0.15, 0.2) is 18.2 Å². The summed E-state index contributed by atoms with van der Waals surface area (Å²) >= 11 is 0. The van der Waals surface area contributed by atoms with Gasteiger partial charge in [-0.15, -0.1) is 0 Å². The molecule has 0 atom stereocenters. The Kier molecular flexibility index (Phi) is 3.69. The molecule has 2 rings (SSSR count). The molecule has 0 saturated carbocycles. The largest absolute Gasteiger partial charge is 0.486 e.